The number of benzene rings is 1. The highest BCUT2D eigenvalue weighted by Crippen LogP contribution is 2.11. The Balaban J connectivity index is 1.45. The Labute approximate surface area is 157 Å². The molecule has 0 radical (unpaired) electrons. The number of pyridine rings is 1. The molecule has 0 atom stereocenters. The summed E-state index contributed by atoms with van der Waals surface area (Å²) in [4.78, 5) is 24.5. The van der Waals surface area contributed by atoms with Gasteiger partial charge in [-0.3, -0.25) is 9.78 Å². The summed E-state index contributed by atoms with van der Waals surface area (Å²) >= 11 is 0. The van der Waals surface area contributed by atoms with Crippen LogP contribution in [0.5, 0.6) is 5.75 Å². The predicted molar refractivity (Wildman–Crippen MR) is 103 cm³/mol. The summed E-state index contributed by atoms with van der Waals surface area (Å²) in [6.07, 6.45) is 7.25. The maximum Gasteiger partial charge on any atom is 0.254 e. The molecule has 2 N–H and O–H groups in total. The molecule has 0 aliphatic heterocycles. The van der Waals surface area contributed by atoms with Crippen molar-refractivity contribution >= 4 is 11.9 Å². The molecule has 1 amide bonds. The van der Waals surface area contributed by atoms with Gasteiger partial charge in [0.25, 0.3) is 5.91 Å². The lowest BCUT2D eigenvalue weighted by molar-refractivity contribution is 0.0950. The number of carbonyl (C=O) groups excluding carboxylic acids is 1. The number of rotatable bonds is 8. The van der Waals surface area contributed by atoms with Crippen molar-refractivity contribution in [3.8, 4) is 5.75 Å². The van der Waals surface area contributed by atoms with Crippen molar-refractivity contribution in [2.45, 2.75) is 13.0 Å². The molecule has 0 spiro atoms. The van der Waals surface area contributed by atoms with E-state index in [-0.39, 0.29) is 5.91 Å². The molecule has 3 aromatic rings. The van der Waals surface area contributed by atoms with E-state index in [9.17, 15) is 4.79 Å². The largest absolute Gasteiger partial charge is 0.497 e. The predicted octanol–water partition coefficient (Wildman–Crippen LogP) is 2.46. The molecule has 2 aromatic heterocycles. The van der Waals surface area contributed by atoms with Crippen LogP contribution in [0.2, 0.25) is 0 Å². The van der Waals surface area contributed by atoms with Crippen molar-refractivity contribution in [2.75, 3.05) is 19.0 Å². The van der Waals surface area contributed by atoms with Crippen LogP contribution in [0, 0.1) is 0 Å². The Hall–Kier alpha value is -3.48. The zero-order valence-corrected chi connectivity index (χ0v) is 15.1. The minimum atomic E-state index is -0.211. The highest BCUT2D eigenvalue weighted by Gasteiger charge is 2.07. The number of methoxy groups -OCH3 is 1. The average Bonchev–Trinajstić information content (AvgIpc) is 2.74. The lowest BCUT2D eigenvalue weighted by atomic mass is 10.1. The molecule has 0 aliphatic carbocycles. The van der Waals surface area contributed by atoms with Gasteiger partial charge < -0.3 is 15.4 Å². The number of nitrogens with zero attached hydrogens (tertiary/aromatic N) is 3. The average molecular weight is 363 g/mol. The first kappa shape index (κ1) is 18.3. The van der Waals surface area contributed by atoms with E-state index >= 15 is 0 Å². The van der Waals surface area contributed by atoms with Crippen LogP contribution in [-0.2, 0) is 13.0 Å². The van der Waals surface area contributed by atoms with Gasteiger partial charge in [-0.1, -0.05) is 12.1 Å². The fourth-order valence-electron chi connectivity index (χ4n) is 2.43. The molecule has 0 fully saturated rings. The third-order valence-corrected chi connectivity index (χ3v) is 3.97. The molecule has 27 heavy (non-hydrogen) atoms. The van der Waals surface area contributed by atoms with E-state index in [2.05, 4.69) is 25.6 Å². The van der Waals surface area contributed by atoms with Crippen LogP contribution in [-0.4, -0.2) is 34.5 Å². The first-order chi connectivity index (χ1) is 13.2. The summed E-state index contributed by atoms with van der Waals surface area (Å²) in [6, 6.07) is 11.6. The van der Waals surface area contributed by atoms with Gasteiger partial charge in [-0.25, -0.2) is 9.97 Å². The second kappa shape index (κ2) is 9.28. The number of aromatic nitrogens is 3. The summed E-state index contributed by atoms with van der Waals surface area (Å²) in [6.45, 7) is 1.13. The third kappa shape index (κ3) is 5.50. The van der Waals surface area contributed by atoms with E-state index in [1.54, 1.807) is 19.5 Å². The molecule has 3 rings (SSSR count). The zero-order valence-electron chi connectivity index (χ0n) is 15.1. The number of hydrogen-bond donors (Lipinski definition) is 2. The zero-order chi connectivity index (χ0) is 18.9. The highest BCUT2D eigenvalue weighted by molar-refractivity contribution is 5.93. The van der Waals surface area contributed by atoms with Gasteiger partial charge in [-0.15, -0.1) is 0 Å². The van der Waals surface area contributed by atoms with Crippen molar-refractivity contribution in [3.63, 3.8) is 0 Å². The van der Waals surface area contributed by atoms with Crippen LogP contribution in [0.3, 0.4) is 0 Å². The minimum absolute atomic E-state index is 0.211. The van der Waals surface area contributed by atoms with Gasteiger partial charge in [0.2, 0.25) is 5.95 Å². The Kier molecular flexibility index (Phi) is 6.30. The van der Waals surface area contributed by atoms with Gasteiger partial charge >= 0.3 is 0 Å². The molecular weight excluding hydrogens is 342 g/mol. The molecule has 0 saturated carbocycles. The van der Waals surface area contributed by atoms with Crippen molar-refractivity contribution in [2.24, 2.45) is 0 Å². The molecule has 2 heterocycles. The normalized spacial score (nSPS) is 10.3. The number of nitrogens with one attached hydrogen (secondary N) is 2. The first-order valence-corrected chi connectivity index (χ1v) is 8.60. The van der Waals surface area contributed by atoms with Crippen LogP contribution < -0.4 is 15.4 Å². The van der Waals surface area contributed by atoms with Crippen LogP contribution in [0.25, 0.3) is 0 Å². The molecular formula is C20H21N5O2. The molecule has 7 nitrogen and oxygen atoms in total. The summed E-state index contributed by atoms with van der Waals surface area (Å²) < 4.78 is 5.14. The van der Waals surface area contributed by atoms with Crippen molar-refractivity contribution in [1.29, 1.82) is 0 Å². The fraction of sp³-hybridized carbons (Fsp3) is 0.200. The van der Waals surface area contributed by atoms with E-state index in [1.807, 2.05) is 36.4 Å². The quantitative estimate of drug-likeness (QED) is 0.639. The Morgan fingerprint density at radius 1 is 1.00 bits per heavy atom. The van der Waals surface area contributed by atoms with E-state index in [0.29, 0.717) is 24.6 Å². The van der Waals surface area contributed by atoms with E-state index in [4.69, 9.17) is 4.74 Å². The van der Waals surface area contributed by atoms with Crippen LogP contribution in [0.15, 0.2) is 61.2 Å². The van der Waals surface area contributed by atoms with Gasteiger partial charge in [0, 0.05) is 37.9 Å². The number of ether oxygens (including phenoxy) is 1. The van der Waals surface area contributed by atoms with Crippen LogP contribution in [0.1, 0.15) is 21.5 Å². The number of anilines is 1. The summed E-state index contributed by atoms with van der Waals surface area (Å²) in [5, 5.41) is 5.98. The van der Waals surface area contributed by atoms with Gasteiger partial charge in [-0.05, 0) is 41.8 Å². The Morgan fingerprint density at radius 2 is 1.70 bits per heavy atom. The fourth-order valence-corrected chi connectivity index (χ4v) is 2.43. The van der Waals surface area contributed by atoms with Crippen molar-refractivity contribution in [3.05, 3.63) is 77.9 Å². The maximum absolute atomic E-state index is 12.1. The second-order valence-electron chi connectivity index (χ2n) is 5.86. The summed E-state index contributed by atoms with van der Waals surface area (Å²) in [5.74, 6) is 1.12. The van der Waals surface area contributed by atoms with Crippen molar-refractivity contribution in [1.82, 2.24) is 20.3 Å². The minimum Gasteiger partial charge on any atom is -0.497 e. The second-order valence-corrected chi connectivity index (χ2v) is 5.86. The van der Waals surface area contributed by atoms with Gasteiger partial charge in [0.15, 0.2) is 0 Å². The highest BCUT2D eigenvalue weighted by atomic mass is 16.5. The maximum atomic E-state index is 12.1. The Bertz CT molecular complexity index is 852. The van der Waals surface area contributed by atoms with Crippen LogP contribution in [0.4, 0.5) is 5.95 Å². The number of carbonyl (C=O) groups is 1. The first-order valence-electron chi connectivity index (χ1n) is 8.60. The SMILES string of the molecule is COc1ccc(CCNc2ncc(C(=O)NCc3ccncc3)cn2)cc1. The third-order valence-electron chi connectivity index (χ3n) is 3.97. The number of amides is 1. The van der Waals surface area contributed by atoms with Crippen LogP contribution >= 0.6 is 0 Å². The molecule has 1 aromatic carbocycles. The molecule has 0 aliphatic rings. The lowest BCUT2D eigenvalue weighted by Crippen LogP contribution is -2.23. The Morgan fingerprint density at radius 3 is 2.37 bits per heavy atom. The van der Waals surface area contributed by atoms with Gasteiger partial charge in [0.1, 0.15) is 5.75 Å². The van der Waals surface area contributed by atoms with E-state index in [0.717, 1.165) is 17.7 Å². The topological polar surface area (TPSA) is 89.0 Å². The van der Waals surface area contributed by atoms with E-state index < -0.39 is 0 Å². The monoisotopic (exact) mass is 363 g/mol. The molecule has 7 heteroatoms. The number of hydrogen-bond acceptors (Lipinski definition) is 6. The van der Waals surface area contributed by atoms with Gasteiger partial charge in [-0.2, -0.15) is 0 Å². The molecule has 0 unspecified atom stereocenters. The van der Waals surface area contributed by atoms with E-state index in [1.165, 1.54) is 18.0 Å². The smallest absolute Gasteiger partial charge is 0.254 e. The standard InChI is InChI=1S/C20H21N5O2/c1-27-18-4-2-15(3-5-18)8-11-22-20-24-13-17(14-25-20)19(26)23-12-16-6-9-21-10-7-16/h2-7,9-10,13-14H,8,11-12H2,1H3,(H,23,26)(H,22,24,25). The molecule has 138 valence electrons. The van der Waals surface area contributed by atoms with Gasteiger partial charge in [0.05, 0.1) is 12.7 Å². The van der Waals surface area contributed by atoms with Crippen molar-refractivity contribution < 1.29 is 9.53 Å². The summed E-state index contributed by atoms with van der Waals surface area (Å²) in [7, 11) is 1.65. The molecule has 0 saturated heterocycles. The molecule has 0 bridgehead atoms. The summed E-state index contributed by atoms with van der Waals surface area (Å²) in [5.41, 5.74) is 2.59. The lowest BCUT2D eigenvalue weighted by Gasteiger charge is -2.07.